The second-order valence-electron chi connectivity index (χ2n) is 6.09. The molecule has 3 N–H and O–H groups in total. The monoisotopic (exact) mass is 349 g/mol. The third-order valence-electron chi connectivity index (χ3n) is 4.07. The number of rotatable bonds is 7. The SMILES string of the molecule is CCCNC(=O)CN1CCC(NC(=O)Nc2ccc(OC)nc2)CC1. The highest BCUT2D eigenvalue weighted by Crippen LogP contribution is 2.12. The molecule has 1 aliphatic rings. The number of hydrogen-bond acceptors (Lipinski definition) is 5. The van der Waals surface area contributed by atoms with E-state index in [0.29, 0.717) is 18.1 Å². The number of piperidine rings is 1. The molecule has 1 aromatic rings. The minimum atomic E-state index is -0.244. The summed E-state index contributed by atoms with van der Waals surface area (Å²) in [7, 11) is 1.54. The van der Waals surface area contributed by atoms with Gasteiger partial charge in [-0.05, 0) is 25.3 Å². The van der Waals surface area contributed by atoms with Gasteiger partial charge in [0.05, 0.1) is 25.5 Å². The van der Waals surface area contributed by atoms with Gasteiger partial charge in [-0.25, -0.2) is 9.78 Å². The fourth-order valence-corrected chi connectivity index (χ4v) is 2.69. The van der Waals surface area contributed by atoms with Crippen LogP contribution in [0.15, 0.2) is 18.3 Å². The number of anilines is 1. The van der Waals surface area contributed by atoms with Gasteiger partial charge < -0.3 is 20.7 Å². The Balaban J connectivity index is 1.68. The Kier molecular flexibility index (Phi) is 7.46. The molecule has 0 saturated carbocycles. The maximum Gasteiger partial charge on any atom is 0.319 e. The predicted octanol–water partition coefficient (Wildman–Crippen LogP) is 1.20. The lowest BCUT2D eigenvalue weighted by Crippen LogP contribution is -2.48. The van der Waals surface area contributed by atoms with Crippen molar-refractivity contribution in [3.63, 3.8) is 0 Å². The van der Waals surface area contributed by atoms with Crippen molar-refractivity contribution in [1.29, 1.82) is 0 Å². The van der Waals surface area contributed by atoms with Gasteiger partial charge in [0.15, 0.2) is 0 Å². The molecule has 0 spiro atoms. The first-order valence-corrected chi connectivity index (χ1v) is 8.67. The minimum Gasteiger partial charge on any atom is -0.481 e. The van der Waals surface area contributed by atoms with E-state index in [-0.39, 0.29) is 18.0 Å². The zero-order chi connectivity index (χ0) is 18.1. The smallest absolute Gasteiger partial charge is 0.319 e. The van der Waals surface area contributed by atoms with Crippen LogP contribution in [0.3, 0.4) is 0 Å². The second kappa shape index (κ2) is 9.83. The summed E-state index contributed by atoms with van der Waals surface area (Å²) in [6.45, 7) is 4.78. The summed E-state index contributed by atoms with van der Waals surface area (Å²) < 4.78 is 4.98. The summed E-state index contributed by atoms with van der Waals surface area (Å²) in [5, 5.41) is 8.61. The number of pyridine rings is 1. The van der Waals surface area contributed by atoms with Gasteiger partial charge >= 0.3 is 6.03 Å². The number of likely N-dealkylation sites (tertiary alicyclic amines) is 1. The van der Waals surface area contributed by atoms with Crippen molar-refractivity contribution in [2.24, 2.45) is 0 Å². The van der Waals surface area contributed by atoms with E-state index >= 15 is 0 Å². The van der Waals surface area contributed by atoms with Crippen molar-refractivity contribution in [3.05, 3.63) is 18.3 Å². The van der Waals surface area contributed by atoms with E-state index in [0.717, 1.165) is 38.9 Å². The van der Waals surface area contributed by atoms with Crippen molar-refractivity contribution in [3.8, 4) is 5.88 Å². The van der Waals surface area contributed by atoms with Gasteiger partial charge in [0.25, 0.3) is 0 Å². The Morgan fingerprint density at radius 1 is 1.32 bits per heavy atom. The topological polar surface area (TPSA) is 95.6 Å². The molecule has 1 saturated heterocycles. The van der Waals surface area contributed by atoms with Crippen LogP contribution < -0.4 is 20.7 Å². The molecule has 2 heterocycles. The first-order valence-electron chi connectivity index (χ1n) is 8.67. The van der Waals surface area contributed by atoms with Gasteiger partial charge in [-0.1, -0.05) is 6.92 Å². The second-order valence-corrected chi connectivity index (χ2v) is 6.09. The van der Waals surface area contributed by atoms with Crippen molar-refractivity contribution >= 4 is 17.6 Å². The van der Waals surface area contributed by atoms with Gasteiger partial charge in [-0.3, -0.25) is 9.69 Å². The van der Waals surface area contributed by atoms with E-state index < -0.39 is 0 Å². The number of nitrogens with zero attached hydrogens (tertiary/aromatic N) is 2. The Hall–Kier alpha value is -2.35. The standard InChI is InChI=1S/C17H27N5O3/c1-3-8-18-15(23)12-22-9-6-13(7-10-22)20-17(24)21-14-4-5-16(25-2)19-11-14/h4-5,11,13H,3,6-10,12H2,1-2H3,(H,18,23)(H2,20,21,24). The minimum absolute atomic E-state index is 0.0676. The average Bonchev–Trinajstić information content (AvgIpc) is 2.62. The molecule has 3 amide bonds. The quantitative estimate of drug-likeness (QED) is 0.687. The largest absolute Gasteiger partial charge is 0.481 e. The molecule has 0 aliphatic carbocycles. The number of carbonyl (C=O) groups excluding carboxylic acids is 2. The zero-order valence-corrected chi connectivity index (χ0v) is 14.9. The molecular formula is C17H27N5O3. The summed E-state index contributed by atoms with van der Waals surface area (Å²) in [4.78, 5) is 30.0. The highest BCUT2D eigenvalue weighted by Gasteiger charge is 2.22. The molecule has 8 nitrogen and oxygen atoms in total. The van der Waals surface area contributed by atoms with Gasteiger partial charge in [0, 0.05) is 31.7 Å². The molecule has 0 bridgehead atoms. The highest BCUT2D eigenvalue weighted by molar-refractivity contribution is 5.89. The number of aromatic nitrogens is 1. The summed E-state index contributed by atoms with van der Waals surface area (Å²) >= 11 is 0. The Morgan fingerprint density at radius 3 is 2.68 bits per heavy atom. The average molecular weight is 349 g/mol. The van der Waals surface area contributed by atoms with Crippen LogP contribution in [0.1, 0.15) is 26.2 Å². The Labute approximate surface area is 148 Å². The van der Waals surface area contributed by atoms with E-state index in [9.17, 15) is 9.59 Å². The lowest BCUT2D eigenvalue weighted by Gasteiger charge is -2.31. The fourth-order valence-electron chi connectivity index (χ4n) is 2.69. The lowest BCUT2D eigenvalue weighted by atomic mass is 10.1. The molecule has 1 aliphatic heterocycles. The van der Waals surface area contributed by atoms with Crippen LogP contribution in [0.4, 0.5) is 10.5 Å². The van der Waals surface area contributed by atoms with Crippen LogP contribution >= 0.6 is 0 Å². The van der Waals surface area contributed by atoms with Crippen molar-refractivity contribution < 1.29 is 14.3 Å². The van der Waals surface area contributed by atoms with Crippen LogP contribution in [0.5, 0.6) is 5.88 Å². The molecule has 2 rings (SSSR count). The van der Waals surface area contributed by atoms with Crippen LogP contribution in [0.2, 0.25) is 0 Å². The third-order valence-corrected chi connectivity index (χ3v) is 4.07. The summed E-state index contributed by atoms with van der Waals surface area (Å²) in [5.41, 5.74) is 0.614. The Bertz CT molecular complexity index is 556. The number of hydrogen-bond donors (Lipinski definition) is 3. The van der Waals surface area contributed by atoms with E-state index in [1.807, 2.05) is 6.92 Å². The molecular weight excluding hydrogens is 322 g/mol. The summed E-state index contributed by atoms with van der Waals surface area (Å²) in [5.74, 6) is 0.569. The van der Waals surface area contributed by atoms with Gasteiger partial charge in [0.1, 0.15) is 0 Å². The molecule has 0 atom stereocenters. The molecule has 138 valence electrons. The first-order chi connectivity index (χ1) is 12.1. The van der Waals surface area contributed by atoms with Crippen LogP contribution in [-0.2, 0) is 4.79 Å². The van der Waals surface area contributed by atoms with Gasteiger partial charge in [-0.2, -0.15) is 0 Å². The molecule has 1 fully saturated rings. The van der Waals surface area contributed by atoms with Gasteiger partial charge in [-0.15, -0.1) is 0 Å². The van der Waals surface area contributed by atoms with Gasteiger partial charge in [0.2, 0.25) is 11.8 Å². The third kappa shape index (κ3) is 6.58. The zero-order valence-electron chi connectivity index (χ0n) is 14.9. The molecule has 0 unspecified atom stereocenters. The number of amides is 3. The van der Waals surface area contributed by atoms with Crippen molar-refractivity contribution in [2.45, 2.75) is 32.2 Å². The van der Waals surface area contributed by atoms with Crippen LogP contribution in [0.25, 0.3) is 0 Å². The van der Waals surface area contributed by atoms with E-state index in [1.165, 1.54) is 0 Å². The number of ether oxygens (including phenoxy) is 1. The molecule has 8 heteroatoms. The van der Waals surface area contributed by atoms with Crippen molar-refractivity contribution in [2.75, 3.05) is 38.6 Å². The van der Waals surface area contributed by atoms with E-state index in [1.54, 1.807) is 25.4 Å². The predicted molar refractivity (Wildman–Crippen MR) is 95.7 cm³/mol. The summed E-state index contributed by atoms with van der Waals surface area (Å²) in [6.07, 6.45) is 4.15. The molecule has 0 aromatic carbocycles. The van der Waals surface area contributed by atoms with E-state index in [4.69, 9.17) is 4.74 Å². The number of nitrogens with one attached hydrogen (secondary N) is 3. The molecule has 1 aromatic heterocycles. The van der Waals surface area contributed by atoms with Crippen molar-refractivity contribution in [1.82, 2.24) is 20.5 Å². The number of carbonyl (C=O) groups is 2. The normalized spacial score (nSPS) is 15.4. The number of methoxy groups -OCH3 is 1. The Morgan fingerprint density at radius 2 is 2.08 bits per heavy atom. The first kappa shape index (κ1) is 19.0. The highest BCUT2D eigenvalue weighted by atomic mass is 16.5. The number of urea groups is 1. The molecule has 0 radical (unpaired) electrons. The van der Waals surface area contributed by atoms with E-state index in [2.05, 4.69) is 25.8 Å². The molecule has 25 heavy (non-hydrogen) atoms. The lowest BCUT2D eigenvalue weighted by molar-refractivity contribution is -0.122. The fraction of sp³-hybridized carbons (Fsp3) is 0.588. The maximum absolute atomic E-state index is 12.1. The van der Waals surface area contributed by atoms with Crippen LogP contribution in [0, 0.1) is 0 Å². The summed E-state index contributed by atoms with van der Waals surface area (Å²) in [6, 6.07) is 3.30. The maximum atomic E-state index is 12.1. The van der Waals surface area contributed by atoms with Crippen LogP contribution in [-0.4, -0.2) is 61.2 Å².